The van der Waals surface area contributed by atoms with Crippen molar-refractivity contribution in [3.8, 4) is 0 Å². The van der Waals surface area contributed by atoms with Gasteiger partial charge in [0.25, 0.3) is 40.3 Å². The number of fused-ring (bicyclic) bond motifs is 2. The smallest absolute Gasteiger partial charge is 0.308 e. The molecule has 0 aliphatic carbocycles. The highest BCUT2D eigenvalue weighted by Crippen LogP contribution is 2.32. The minimum atomic E-state index is -2.01. The summed E-state index contributed by atoms with van der Waals surface area (Å²) in [6.07, 6.45) is 0. The zero-order valence-electron chi connectivity index (χ0n) is 26.9. The normalized spacial score (nSPS) is 11.1. The number of carbonyl (C=O) groups is 3. The van der Waals surface area contributed by atoms with Gasteiger partial charge in [-0.25, -0.2) is 19.6 Å². The number of amides is 4. The van der Waals surface area contributed by atoms with Crippen LogP contribution >= 0.6 is 34.8 Å². The van der Waals surface area contributed by atoms with E-state index < -0.39 is 67.5 Å². The lowest BCUT2D eigenvalue weighted by Gasteiger charge is -2.15. The Bertz CT molecular complexity index is 2650. The molecule has 7 rings (SSSR count). The molecule has 0 aliphatic rings. The van der Waals surface area contributed by atoms with Crippen LogP contribution in [0, 0.1) is 10.1 Å². The molecule has 7 aromatic rings. The van der Waals surface area contributed by atoms with E-state index in [0.29, 0.717) is 21.4 Å². The van der Waals surface area contributed by atoms with Crippen molar-refractivity contribution in [2.45, 2.75) is 5.92 Å². The molecule has 0 saturated heterocycles. The predicted octanol–water partition coefficient (Wildman–Crippen LogP) is 4.11. The molecule has 276 valence electrons. The number of ketones is 1. The lowest BCUT2D eigenvalue weighted by atomic mass is 9.91. The third-order valence-electron chi connectivity index (χ3n) is 7.53. The maximum atomic E-state index is 14.3. The lowest BCUT2D eigenvalue weighted by Crippen LogP contribution is -2.33. The van der Waals surface area contributed by atoms with E-state index in [4.69, 9.17) is 34.8 Å². The fourth-order valence-corrected chi connectivity index (χ4v) is 5.61. The number of benzene rings is 3. The molecule has 55 heavy (non-hydrogen) atoms. The van der Waals surface area contributed by atoms with Crippen molar-refractivity contribution in [1.29, 1.82) is 0 Å². The first-order valence-corrected chi connectivity index (χ1v) is 16.3. The molecule has 22 nitrogen and oxygen atoms in total. The molecule has 4 heterocycles. The summed E-state index contributed by atoms with van der Waals surface area (Å²) >= 11 is 18.1. The molecule has 0 radical (unpaired) electrons. The van der Waals surface area contributed by atoms with Gasteiger partial charge in [0.15, 0.2) is 5.78 Å². The van der Waals surface area contributed by atoms with Crippen molar-refractivity contribution in [3.63, 3.8) is 0 Å². The van der Waals surface area contributed by atoms with Crippen LogP contribution in [-0.2, 0) is 0 Å². The van der Waals surface area contributed by atoms with Gasteiger partial charge >= 0.3 is 12.1 Å². The highest BCUT2D eigenvalue weighted by Gasteiger charge is 2.36. The first kappa shape index (κ1) is 36.1. The second-order valence-corrected chi connectivity index (χ2v) is 12.3. The Kier molecular flexibility index (Phi) is 9.58. The molecular weight excluding hydrogens is 789 g/mol. The summed E-state index contributed by atoms with van der Waals surface area (Å²) in [5.74, 6) is -4.45. The molecule has 0 unspecified atom stereocenters. The van der Waals surface area contributed by atoms with Crippen LogP contribution in [0.4, 0.5) is 38.5 Å². The minimum absolute atomic E-state index is 0.303. The van der Waals surface area contributed by atoms with Crippen LogP contribution in [0.1, 0.15) is 27.7 Å². The standard InChI is InChI=1S/C30H18Cl3N15O7/c31-12-4-8-14(9-5-12)34-29(52)38-27-42-40-25-36-20(23(50)44-46(25)27)18(22(49)16-2-1-3-17(19(16)33)48(54)55)21-24(51)45-47-26(37-21)41-43-28(47)39-30(53)35-15-10-6-13(32)7-11-15/h1-11,18H,(H,44,50)(H,45,51)(H2,34,38,42,52)(H2,35,39,43,53). The van der Waals surface area contributed by atoms with Crippen LogP contribution < -0.4 is 32.4 Å². The van der Waals surface area contributed by atoms with Crippen molar-refractivity contribution in [2.24, 2.45) is 0 Å². The van der Waals surface area contributed by atoms with E-state index in [2.05, 4.69) is 61.8 Å². The average Bonchev–Trinajstić information content (AvgIpc) is 3.72. The number of aromatic amines is 2. The van der Waals surface area contributed by atoms with Gasteiger partial charge in [-0.1, -0.05) is 40.9 Å². The van der Waals surface area contributed by atoms with Gasteiger partial charge in [-0.15, -0.1) is 20.4 Å². The molecule has 0 bridgehead atoms. The summed E-state index contributed by atoms with van der Waals surface area (Å²) in [7, 11) is 0. The second kappa shape index (κ2) is 14.6. The average molecular weight is 807 g/mol. The van der Waals surface area contributed by atoms with E-state index in [0.717, 1.165) is 21.2 Å². The van der Waals surface area contributed by atoms with Crippen LogP contribution in [-0.4, -0.2) is 72.4 Å². The van der Waals surface area contributed by atoms with E-state index in [1.807, 2.05) is 0 Å². The monoisotopic (exact) mass is 805 g/mol. The molecule has 25 heteroatoms. The van der Waals surface area contributed by atoms with Crippen LogP contribution in [0.25, 0.3) is 11.6 Å². The number of nitro benzene ring substituents is 1. The van der Waals surface area contributed by atoms with Crippen LogP contribution in [0.3, 0.4) is 0 Å². The molecule has 0 atom stereocenters. The molecule has 3 aromatic carbocycles. The Morgan fingerprint density at radius 3 is 1.56 bits per heavy atom. The summed E-state index contributed by atoms with van der Waals surface area (Å²) in [6.45, 7) is 0. The Morgan fingerprint density at radius 2 is 1.13 bits per heavy atom. The lowest BCUT2D eigenvalue weighted by molar-refractivity contribution is -0.384. The number of rotatable bonds is 9. The zero-order chi connectivity index (χ0) is 39.0. The number of Topliss-reactive ketones (excluding diaryl/α,β-unsaturated/α-hetero) is 1. The number of carbonyl (C=O) groups excluding carboxylic acids is 3. The first-order chi connectivity index (χ1) is 26.4. The SMILES string of the molecule is O=C(Nc1ccc(Cl)cc1)Nc1nnc2nc(C(C(=O)c3cccc([N+](=O)[O-])c3Cl)c3nc4nnc(NC(=O)Nc5ccc(Cl)cc5)n4[nH]c3=O)c(=O)[nH]n12. The number of anilines is 4. The fraction of sp³-hybridized carbons (Fsp3) is 0.0333. The van der Waals surface area contributed by atoms with Gasteiger partial charge in [-0.3, -0.25) is 45.3 Å². The summed E-state index contributed by atoms with van der Waals surface area (Å²) < 4.78 is 1.78. The van der Waals surface area contributed by atoms with Crippen molar-refractivity contribution < 1.29 is 19.3 Å². The first-order valence-electron chi connectivity index (χ1n) is 15.2. The quantitative estimate of drug-likeness (QED) is 0.0681. The molecule has 4 aromatic heterocycles. The number of halogens is 3. The predicted molar refractivity (Wildman–Crippen MR) is 195 cm³/mol. The topological polar surface area (TPSA) is 294 Å². The molecule has 4 amide bonds. The maximum absolute atomic E-state index is 14.3. The van der Waals surface area contributed by atoms with Gasteiger partial charge in [0.05, 0.1) is 4.92 Å². The molecule has 0 saturated carbocycles. The van der Waals surface area contributed by atoms with Gasteiger partial charge in [0, 0.05) is 33.0 Å². The van der Waals surface area contributed by atoms with Crippen LogP contribution in [0.15, 0.2) is 76.3 Å². The van der Waals surface area contributed by atoms with E-state index in [-0.39, 0.29) is 23.5 Å². The third kappa shape index (κ3) is 7.35. The highest BCUT2D eigenvalue weighted by atomic mass is 35.5. The number of hydrogen-bond donors (Lipinski definition) is 6. The Hall–Kier alpha value is -7.30. The van der Waals surface area contributed by atoms with E-state index in [1.165, 1.54) is 30.3 Å². The summed E-state index contributed by atoms with van der Waals surface area (Å²) in [5, 5.41) is 41.9. The van der Waals surface area contributed by atoms with Crippen LogP contribution in [0.2, 0.25) is 15.1 Å². The largest absolute Gasteiger partial charge is 0.326 e. The van der Waals surface area contributed by atoms with Crippen molar-refractivity contribution in [2.75, 3.05) is 21.3 Å². The molecule has 0 fully saturated rings. The number of nitro groups is 1. The van der Waals surface area contributed by atoms with Gasteiger partial charge in [0.1, 0.15) is 22.3 Å². The molecule has 0 aliphatic heterocycles. The highest BCUT2D eigenvalue weighted by molar-refractivity contribution is 6.36. The fourth-order valence-electron chi connectivity index (χ4n) is 5.07. The Morgan fingerprint density at radius 1 is 0.673 bits per heavy atom. The molecular formula is C30H18Cl3N15O7. The Labute approximate surface area is 318 Å². The van der Waals surface area contributed by atoms with Gasteiger partial charge in [0.2, 0.25) is 0 Å². The number of nitrogens with zero attached hydrogens (tertiary/aromatic N) is 9. The van der Waals surface area contributed by atoms with Gasteiger partial charge in [-0.05, 0) is 54.6 Å². The van der Waals surface area contributed by atoms with E-state index >= 15 is 0 Å². The number of hydrogen-bond acceptors (Lipinski definition) is 13. The van der Waals surface area contributed by atoms with Crippen molar-refractivity contribution >= 4 is 93.2 Å². The van der Waals surface area contributed by atoms with Gasteiger partial charge < -0.3 is 10.6 Å². The van der Waals surface area contributed by atoms with Gasteiger partial charge in [-0.2, -0.15) is 9.03 Å². The number of aromatic nitrogens is 10. The number of H-pyrrole nitrogens is 2. The maximum Gasteiger partial charge on any atom is 0.326 e. The zero-order valence-corrected chi connectivity index (χ0v) is 29.2. The summed E-state index contributed by atoms with van der Waals surface area (Å²) in [5.41, 5.74) is -3.91. The minimum Gasteiger partial charge on any atom is -0.308 e. The third-order valence-corrected chi connectivity index (χ3v) is 8.43. The van der Waals surface area contributed by atoms with E-state index in [9.17, 15) is 34.1 Å². The van der Waals surface area contributed by atoms with Crippen molar-refractivity contribution in [3.05, 3.63) is 130 Å². The molecule has 0 spiro atoms. The van der Waals surface area contributed by atoms with Crippen LogP contribution in [0.5, 0.6) is 0 Å². The Balaban J connectivity index is 1.27. The van der Waals surface area contributed by atoms with Crippen molar-refractivity contribution in [1.82, 2.24) is 49.6 Å². The second-order valence-electron chi connectivity index (χ2n) is 11.1. The summed E-state index contributed by atoms with van der Waals surface area (Å²) in [4.78, 5) is 86.2. The van der Waals surface area contributed by atoms with E-state index in [1.54, 1.807) is 24.3 Å². The summed E-state index contributed by atoms with van der Waals surface area (Å²) in [6, 6.07) is 14.1. The number of urea groups is 2. The number of nitrogens with one attached hydrogen (secondary N) is 6. The molecule has 6 N–H and O–H groups in total.